The number of pyridine rings is 1. The first kappa shape index (κ1) is 9.45. The van der Waals surface area contributed by atoms with Crippen LogP contribution in [0.4, 0.5) is 5.82 Å². The highest BCUT2D eigenvalue weighted by molar-refractivity contribution is 6.03. The number of fused-ring (bicyclic) bond motifs is 1. The van der Waals surface area contributed by atoms with Crippen LogP contribution in [0.2, 0.25) is 0 Å². The smallest absolute Gasteiger partial charge is 0.336 e. The minimum absolute atomic E-state index is 0.268. The van der Waals surface area contributed by atoms with Crippen molar-refractivity contribution in [3.8, 4) is 0 Å². The molecule has 2 aromatic rings. The normalized spacial score (nSPS) is 10.2. The second kappa shape index (κ2) is 3.57. The van der Waals surface area contributed by atoms with Crippen molar-refractivity contribution in [2.75, 3.05) is 12.4 Å². The van der Waals surface area contributed by atoms with Crippen molar-refractivity contribution < 1.29 is 9.90 Å². The van der Waals surface area contributed by atoms with Gasteiger partial charge in [-0.25, -0.2) is 9.78 Å². The van der Waals surface area contributed by atoms with Crippen molar-refractivity contribution in [1.29, 1.82) is 0 Å². The molecule has 15 heavy (non-hydrogen) atoms. The van der Waals surface area contributed by atoms with Gasteiger partial charge in [0.25, 0.3) is 0 Å². The van der Waals surface area contributed by atoms with E-state index >= 15 is 0 Å². The molecule has 1 aromatic carbocycles. The standard InChI is InChI=1S/C11H10N2O2/c1-12-10-6-8(11(14)15)7-4-2-3-5-9(7)13-10/h2-6H,1H3,(H,12,13)(H,14,15). The Morgan fingerprint density at radius 2 is 2.13 bits per heavy atom. The third-order valence-corrected chi connectivity index (χ3v) is 2.20. The molecule has 0 aliphatic carbocycles. The minimum atomic E-state index is -0.940. The third-order valence-electron chi connectivity index (χ3n) is 2.20. The number of aromatic nitrogens is 1. The van der Waals surface area contributed by atoms with Gasteiger partial charge in [0.2, 0.25) is 0 Å². The highest BCUT2D eigenvalue weighted by Crippen LogP contribution is 2.20. The molecule has 76 valence electrons. The Bertz CT molecular complexity index is 523. The summed E-state index contributed by atoms with van der Waals surface area (Å²) < 4.78 is 0. The Balaban J connectivity index is 2.80. The van der Waals surface area contributed by atoms with Gasteiger partial charge in [0.1, 0.15) is 5.82 Å². The quantitative estimate of drug-likeness (QED) is 0.781. The van der Waals surface area contributed by atoms with Crippen molar-refractivity contribution in [1.82, 2.24) is 4.98 Å². The minimum Gasteiger partial charge on any atom is -0.478 e. The number of nitrogens with zero attached hydrogens (tertiary/aromatic N) is 1. The second-order valence-electron chi connectivity index (χ2n) is 3.13. The first-order valence-electron chi connectivity index (χ1n) is 4.53. The molecule has 0 bridgehead atoms. The lowest BCUT2D eigenvalue weighted by Crippen LogP contribution is -2.01. The maximum atomic E-state index is 11.0. The number of carboxylic acids is 1. The molecule has 0 fully saturated rings. The molecule has 1 aromatic heterocycles. The summed E-state index contributed by atoms with van der Waals surface area (Å²) in [5, 5.41) is 12.5. The number of carbonyl (C=O) groups is 1. The lowest BCUT2D eigenvalue weighted by atomic mass is 10.1. The predicted octanol–water partition coefficient (Wildman–Crippen LogP) is 1.97. The summed E-state index contributed by atoms with van der Waals surface area (Å²) in [7, 11) is 1.71. The number of carboxylic acid groups (broad SMARTS) is 1. The Morgan fingerprint density at radius 1 is 1.40 bits per heavy atom. The lowest BCUT2D eigenvalue weighted by Gasteiger charge is -2.05. The van der Waals surface area contributed by atoms with Gasteiger partial charge in [-0.3, -0.25) is 0 Å². The summed E-state index contributed by atoms with van der Waals surface area (Å²) in [5.74, 6) is -0.379. The van der Waals surface area contributed by atoms with Gasteiger partial charge in [-0.15, -0.1) is 0 Å². The molecule has 0 spiro atoms. The molecule has 4 nitrogen and oxygen atoms in total. The van der Waals surface area contributed by atoms with Crippen LogP contribution in [0.15, 0.2) is 30.3 Å². The molecule has 2 N–H and O–H groups in total. The van der Waals surface area contributed by atoms with Crippen LogP contribution in [0.1, 0.15) is 10.4 Å². The molecule has 4 heteroatoms. The summed E-state index contributed by atoms with van der Waals surface area (Å²) >= 11 is 0. The number of nitrogens with one attached hydrogen (secondary N) is 1. The number of para-hydroxylation sites is 1. The first-order valence-corrected chi connectivity index (χ1v) is 4.53. The van der Waals surface area contributed by atoms with E-state index in [0.29, 0.717) is 16.7 Å². The second-order valence-corrected chi connectivity index (χ2v) is 3.13. The highest BCUT2D eigenvalue weighted by atomic mass is 16.4. The van der Waals surface area contributed by atoms with Crippen LogP contribution in [-0.4, -0.2) is 23.1 Å². The molecule has 0 atom stereocenters. The largest absolute Gasteiger partial charge is 0.478 e. The zero-order valence-corrected chi connectivity index (χ0v) is 8.19. The molecular weight excluding hydrogens is 192 g/mol. The fourth-order valence-electron chi connectivity index (χ4n) is 1.48. The van der Waals surface area contributed by atoms with Gasteiger partial charge < -0.3 is 10.4 Å². The van der Waals surface area contributed by atoms with Gasteiger partial charge in [0, 0.05) is 12.4 Å². The Kier molecular flexibility index (Phi) is 2.25. The molecule has 2 rings (SSSR count). The SMILES string of the molecule is CNc1cc(C(=O)O)c2ccccc2n1. The van der Waals surface area contributed by atoms with Crippen LogP contribution in [0, 0.1) is 0 Å². The molecule has 1 heterocycles. The summed E-state index contributed by atoms with van der Waals surface area (Å²) in [4.78, 5) is 15.3. The molecule has 0 unspecified atom stereocenters. The number of hydrogen-bond donors (Lipinski definition) is 2. The monoisotopic (exact) mass is 202 g/mol. The van der Waals surface area contributed by atoms with E-state index in [9.17, 15) is 4.79 Å². The molecular formula is C11H10N2O2. The number of hydrogen-bond acceptors (Lipinski definition) is 3. The molecule has 0 saturated carbocycles. The Labute approximate surface area is 86.6 Å². The van der Waals surface area contributed by atoms with Gasteiger partial charge in [-0.2, -0.15) is 0 Å². The molecule has 0 aliphatic rings. The van der Waals surface area contributed by atoms with Crippen molar-refractivity contribution in [3.05, 3.63) is 35.9 Å². The fraction of sp³-hybridized carbons (Fsp3) is 0.0909. The number of aromatic carboxylic acids is 1. The van der Waals surface area contributed by atoms with Gasteiger partial charge in [-0.1, -0.05) is 18.2 Å². The van der Waals surface area contributed by atoms with Crippen LogP contribution < -0.4 is 5.32 Å². The van der Waals surface area contributed by atoms with Crippen LogP contribution >= 0.6 is 0 Å². The van der Waals surface area contributed by atoms with Crippen LogP contribution in [-0.2, 0) is 0 Å². The zero-order valence-electron chi connectivity index (χ0n) is 8.19. The van der Waals surface area contributed by atoms with Gasteiger partial charge in [0.15, 0.2) is 0 Å². The summed E-state index contributed by atoms with van der Waals surface area (Å²) in [5.41, 5.74) is 0.951. The molecule has 0 aliphatic heterocycles. The van der Waals surface area contributed by atoms with Crippen LogP contribution in [0.25, 0.3) is 10.9 Å². The first-order chi connectivity index (χ1) is 7.22. The summed E-state index contributed by atoms with van der Waals surface area (Å²) in [6.45, 7) is 0. The van der Waals surface area contributed by atoms with Gasteiger partial charge in [0.05, 0.1) is 11.1 Å². The number of benzene rings is 1. The van der Waals surface area contributed by atoms with Gasteiger partial charge in [-0.05, 0) is 12.1 Å². The van der Waals surface area contributed by atoms with Crippen molar-refractivity contribution in [2.24, 2.45) is 0 Å². The molecule has 0 saturated heterocycles. The Morgan fingerprint density at radius 3 is 2.80 bits per heavy atom. The zero-order chi connectivity index (χ0) is 10.8. The van der Waals surface area contributed by atoms with E-state index in [2.05, 4.69) is 10.3 Å². The predicted molar refractivity (Wildman–Crippen MR) is 58.2 cm³/mol. The van der Waals surface area contributed by atoms with Crippen molar-refractivity contribution in [3.63, 3.8) is 0 Å². The molecule has 0 radical (unpaired) electrons. The maximum Gasteiger partial charge on any atom is 0.336 e. The lowest BCUT2D eigenvalue weighted by molar-refractivity contribution is 0.0699. The van der Waals surface area contributed by atoms with Crippen molar-refractivity contribution in [2.45, 2.75) is 0 Å². The summed E-state index contributed by atoms with van der Waals surface area (Å²) in [6.07, 6.45) is 0. The van der Waals surface area contributed by atoms with Crippen molar-refractivity contribution >= 4 is 22.7 Å². The van der Waals surface area contributed by atoms with Gasteiger partial charge >= 0.3 is 5.97 Å². The summed E-state index contributed by atoms with van der Waals surface area (Å²) in [6, 6.07) is 8.72. The van der Waals surface area contributed by atoms with E-state index in [0.717, 1.165) is 0 Å². The maximum absolute atomic E-state index is 11.0. The number of rotatable bonds is 2. The highest BCUT2D eigenvalue weighted by Gasteiger charge is 2.10. The fourth-order valence-corrected chi connectivity index (χ4v) is 1.48. The van der Waals surface area contributed by atoms with Crippen LogP contribution in [0.5, 0.6) is 0 Å². The van der Waals surface area contributed by atoms with E-state index in [-0.39, 0.29) is 5.56 Å². The molecule has 0 amide bonds. The van der Waals surface area contributed by atoms with E-state index in [1.807, 2.05) is 6.07 Å². The number of anilines is 1. The van der Waals surface area contributed by atoms with E-state index in [1.54, 1.807) is 25.2 Å². The van der Waals surface area contributed by atoms with E-state index in [4.69, 9.17) is 5.11 Å². The van der Waals surface area contributed by atoms with E-state index < -0.39 is 5.97 Å². The Hall–Kier alpha value is -2.10. The average molecular weight is 202 g/mol. The third kappa shape index (κ3) is 1.61. The average Bonchev–Trinajstić information content (AvgIpc) is 2.27. The van der Waals surface area contributed by atoms with E-state index in [1.165, 1.54) is 6.07 Å². The van der Waals surface area contributed by atoms with Crippen LogP contribution in [0.3, 0.4) is 0 Å². The topological polar surface area (TPSA) is 62.2 Å².